The monoisotopic (exact) mass is 431 g/mol. The minimum Gasteiger partial charge on any atom is -0.462 e. The van der Waals surface area contributed by atoms with E-state index in [1.54, 1.807) is 13.0 Å². The van der Waals surface area contributed by atoms with Crippen molar-refractivity contribution in [3.8, 4) is 0 Å². The van der Waals surface area contributed by atoms with E-state index in [9.17, 15) is 4.79 Å². The van der Waals surface area contributed by atoms with Gasteiger partial charge in [-0.2, -0.15) is 0 Å². The largest absolute Gasteiger partial charge is 0.462 e. The summed E-state index contributed by atoms with van der Waals surface area (Å²) in [4.78, 5) is 13.4. The van der Waals surface area contributed by atoms with Gasteiger partial charge in [-0.15, -0.1) is 0 Å². The molecular weight excluding hydrogens is 405 g/mol. The Morgan fingerprint density at radius 3 is 2.15 bits per heavy atom. The first-order chi connectivity index (χ1) is 16.0. The third-order valence-corrected chi connectivity index (χ3v) is 5.64. The molecule has 0 aliphatic heterocycles. The molecule has 5 aromatic rings. The highest BCUT2D eigenvalue weighted by Gasteiger charge is 2.12. The summed E-state index contributed by atoms with van der Waals surface area (Å²) in [5.41, 5.74) is 2.34. The van der Waals surface area contributed by atoms with Gasteiger partial charge in [-0.25, -0.2) is 4.79 Å². The number of anilines is 1. The zero-order valence-corrected chi connectivity index (χ0v) is 19.2. The second kappa shape index (κ2) is 9.78. The minimum atomic E-state index is -0.267. The average molecular weight is 431 g/mol. The predicted molar refractivity (Wildman–Crippen MR) is 141 cm³/mol. The molecular formula is C29H26BNO2. The summed E-state index contributed by atoms with van der Waals surface area (Å²) in [6.45, 7) is 2.21. The standard InChI is InChI=1S/C18H11B.C11H15NO2/c19-17-7-3-6-12-8-9-15-10-13-4-1-2-5-14(13)11-16(15)18(12)17;1-4-14-11(13)9-7-5-6-8-10(9)12(2)3/h1-11H;5-8H,4H2,1-3H3. The summed E-state index contributed by atoms with van der Waals surface area (Å²) in [7, 11) is 9.97. The number of fused-ring (bicyclic) bond motifs is 4. The van der Waals surface area contributed by atoms with Gasteiger partial charge in [-0.1, -0.05) is 72.2 Å². The van der Waals surface area contributed by atoms with Gasteiger partial charge in [0.05, 0.1) is 17.9 Å². The van der Waals surface area contributed by atoms with Crippen LogP contribution in [0.2, 0.25) is 0 Å². The first-order valence-corrected chi connectivity index (χ1v) is 11.0. The van der Waals surface area contributed by atoms with Crippen molar-refractivity contribution < 1.29 is 9.53 Å². The number of carbonyl (C=O) groups is 1. The van der Waals surface area contributed by atoms with Gasteiger partial charge in [-0.3, -0.25) is 0 Å². The minimum absolute atomic E-state index is 0.267. The van der Waals surface area contributed by atoms with Crippen LogP contribution in [-0.2, 0) is 4.74 Å². The molecule has 0 saturated heterocycles. The number of benzene rings is 5. The number of para-hydroxylation sites is 1. The van der Waals surface area contributed by atoms with Crippen molar-refractivity contribution in [2.75, 3.05) is 25.6 Å². The third kappa shape index (κ3) is 4.70. The summed E-state index contributed by atoms with van der Waals surface area (Å²) in [6.07, 6.45) is 0. The van der Waals surface area contributed by atoms with Gasteiger partial charge < -0.3 is 9.64 Å². The van der Waals surface area contributed by atoms with Crippen LogP contribution in [0.15, 0.2) is 91.0 Å². The number of rotatable bonds is 3. The molecule has 2 radical (unpaired) electrons. The Kier molecular flexibility index (Phi) is 6.64. The summed E-state index contributed by atoms with van der Waals surface area (Å²) in [5, 5.41) is 7.35. The van der Waals surface area contributed by atoms with Crippen molar-refractivity contribution in [2.24, 2.45) is 0 Å². The Hall–Kier alpha value is -3.79. The van der Waals surface area contributed by atoms with Crippen molar-refractivity contribution in [3.05, 3.63) is 96.6 Å². The van der Waals surface area contributed by atoms with E-state index < -0.39 is 0 Å². The van der Waals surface area contributed by atoms with Crippen LogP contribution < -0.4 is 10.4 Å². The van der Waals surface area contributed by atoms with Crippen LogP contribution in [0.25, 0.3) is 32.3 Å². The molecule has 0 amide bonds. The van der Waals surface area contributed by atoms with Gasteiger partial charge in [0, 0.05) is 14.1 Å². The Labute approximate surface area is 196 Å². The van der Waals surface area contributed by atoms with Gasteiger partial charge in [0.2, 0.25) is 0 Å². The summed E-state index contributed by atoms with van der Waals surface area (Å²) in [6, 6.07) is 30.7. The van der Waals surface area contributed by atoms with Crippen molar-refractivity contribution in [3.63, 3.8) is 0 Å². The maximum Gasteiger partial charge on any atom is 0.340 e. The molecule has 0 fully saturated rings. The second-order valence-electron chi connectivity index (χ2n) is 8.06. The first-order valence-electron chi connectivity index (χ1n) is 11.0. The second-order valence-corrected chi connectivity index (χ2v) is 8.06. The van der Waals surface area contributed by atoms with E-state index >= 15 is 0 Å². The normalized spacial score (nSPS) is 10.6. The van der Waals surface area contributed by atoms with Gasteiger partial charge in [-0.05, 0) is 63.5 Å². The molecule has 5 rings (SSSR count). The van der Waals surface area contributed by atoms with Crippen molar-refractivity contribution in [1.29, 1.82) is 0 Å². The Morgan fingerprint density at radius 2 is 1.42 bits per heavy atom. The predicted octanol–water partition coefficient (Wildman–Crippen LogP) is 5.87. The van der Waals surface area contributed by atoms with Crippen LogP contribution in [-0.4, -0.2) is 34.5 Å². The number of esters is 1. The van der Waals surface area contributed by atoms with Crippen LogP contribution in [0, 0.1) is 0 Å². The molecule has 3 nitrogen and oxygen atoms in total. The highest BCUT2D eigenvalue weighted by atomic mass is 16.5. The van der Waals surface area contributed by atoms with Crippen molar-refractivity contribution >= 4 is 57.3 Å². The van der Waals surface area contributed by atoms with Crippen LogP contribution in [0.1, 0.15) is 17.3 Å². The maximum atomic E-state index is 11.5. The number of hydrogen-bond donors (Lipinski definition) is 0. The van der Waals surface area contributed by atoms with Crippen LogP contribution in [0.3, 0.4) is 0 Å². The highest BCUT2D eigenvalue weighted by molar-refractivity contribution is 6.41. The molecule has 0 bridgehead atoms. The van der Waals surface area contributed by atoms with Crippen molar-refractivity contribution in [1.82, 2.24) is 0 Å². The van der Waals surface area contributed by atoms with Gasteiger partial charge in [0.25, 0.3) is 0 Å². The lowest BCUT2D eigenvalue weighted by molar-refractivity contribution is 0.0527. The molecule has 162 valence electrons. The SMILES string of the molecule is CCOC(=O)c1ccccc1N(C)C.[B]c1cccc2ccc3cc4ccccc4cc3c12. The van der Waals surface area contributed by atoms with E-state index in [-0.39, 0.29) is 5.97 Å². The number of carbonyl (C=O) groups excluding carboxylic acids is 1. The Bertz CT molecular complexity index is 1440. The van der Waals surface area contributed by atoms with Crippen molar-refractivity contribution in [2.45, 2.75) is 6.92 Å². The summed E-state index contributed by atoms with van der Waals surface area (Å²) < 4.78 is 4.95. The lowest BCUT2D eigenvalue weighted by Gasteiger charge is -2.15. The first kappa shape index (κ1) is 22.4. The number of hydrogen-bond acceptors (Lipinski definition) is 3. The maximum absolute atomic E-state index is 11.5. The van der Waals surface area contributed by atoms with Crippen LogP contribution >= 0.6 is 0 Å². The molecule has 5 aromatic carbocycles. The molecule has 0 unspecified atom stereocenters. The van der Waals surface area contributed by atoms with E-state index in [0.717, 1.165) is 16.5 Å². The molecule has 4 heteroatoms. The van der Waals surface area contributed by atoms with Crippen LogP contribution in [0.4, 0.5) is 5.69 Å². The lowest BCUT2D eigenvalue weighted by Crippen LogP contribution is -2.15. The van der Waals surface area contributed by atoms with Gasteiger partial charge >= 0.3 is 5.97 Å². The van der Waals surface area contributed by atoms with E-state index in [4.69, 9.17) is 12.6 Å². The smallest absolute Gasteiger partial charge is 0.340 e. The molecule has 0 heterocycles. The molecule has 0 spiro atoms. The summed E-state index contributed by atoms with van der Waals surface area (Å²) in [5.74, 6) is -0.267. The Balaban J connectivity index is 0.000000166. The molecule has 0 N–H and O–H groups in total. The molecule has 0 saturated carbocycles. The molecule has 0 atom stereocenters. The fourth-order valence-corrected chi connectivity index (χ4v) is 4.08. The fraction of sp³-hybridized carbons (Fsp3) is 0.138. The Morgan fingerprint density at radius 1 is 0.788 bits per heavy atom. The molecule has 0 aromatic heterocycles. The zero-order valence-electron chi connectivity index (χ0n) is 19.2. The average Bonchev–Trinajstić information content (AvgIpc) is 2.83. The number of ether oxygens (including phenoxy) is 1. The third-order valence-electron chi connectivity index (χ3n) is 5.64. The summed E-state index contributed by atoms with van der Waals surface area (Å²) >= 11 is 0. The van der Waals surface area contributed by atoms with E-state index in [1.807, 2.05) is 49.3 Å². The molecule has 0 aliphatic carbocycles. The lowest BCUT2D eigenvalue weighted by atomic mass is 9.87. The van der Waals surface area contributed by atoms with Crippen LogP contribution in [0.5, 0.6) is 0 Å². The van der Waals surface area contributed by atoms with E-state index in [0.29, 0.717) is 12.2 Å². The van der Waals surface area contributed by atoms with Gasteiger partial charge in [0.15, 0.2) is 0 Å². The van der Waals surface area contributed by atoms with E-state index in [2.05, 4.69) is 54.6 Å². The molecule has 0 aliphatic rings. The topological polar surface area (TPSA) is 29.5 Å². The molecule has 33 heavy (non-hydrogen) atoms. The zero-order chi connectivity index (χ0) is 23.4. The van der Waals surface area contributed by atoms with Gasteiger partial charge in [0.1, 0.15) is 7.85 Å². The van der Waals surface area contributed by atoms with E-state index in [1.165, 1.54) is 26.9 Å². The fourth-order valence-electron chi connectivity index (χ4n) is 4.08. The number of nitrogens with zero attached hydrogens (tertiary/aromatic N) is 1. The highest BCUT2D eigenvalue weighted by Crippen LogP contribution is 2.28. The quantitative estimate of drug-likeness (QED) is 0.155.